The summed E-state index contributed by atoms with van der Waals surface area (Å²) in [6.45, 7) is 1.91. The van der Waals surface area contributed by atoms with Gasteiger partial charge in [-0.05, 0) is 31.2 Å². The van der Waals surface area contributed by atoms with E-state index in [1.807, 2.05) is 6.92 Å². The Balaban J connectivity index is 1.86. The highest BCUT2D eigenvalue weighted by Crippen LogP contribution is 2.36. The molecule has 0 saturated carbocycles. The molecule has 0 amide bonds. The van der Waals surface area contributed by atoms with Crippen molar-refractivity contribution in [3.8, 4) is 11.5 Å². The van der Waals surface area contributed by atoms with Crippen molar-refractivity contribution in [2.45, 2.75) is 11.8 Å². The molecular formula is C18H18O5S. The zero-order valence-corrected chi connectivity index (χ0v) is 14.3. The molecule has 0 unspecified atom stereocenters. The van der Waals surface area contributed by atoms with Crippen molar-refractivity contribution < 1.29 is 22.7 Å². The van der Waals surface area contributed by atoms with Gasteiger partial charge in [0.25, 0.3) is 0 Å². The number of benzene rings is 2. The van der Waals surface area contributed by atoms with Crippen molar-refractivity contribution in [3.05, 3.63) is 53.6 Å². The summed E-state index contributed by atoms with van der Waals surface area (Å²) in [6, 6.07) is 11.6. The van der Waals surface area contributed by atoms with Crippen molar-refractivity contribution >= 4 is 15.6 Å². The maximum atomic E-state index is 12.6. The molecule has 1 aliphatic rings. The van der Waals surface area contributed by atoms with Gasteiger partial charge in [0.15, 0.2) is 27.1 Å². The van der Waals surface area contributed by atoms with Crippen molar-refractivity contribution in [2.75, 3.05) is 19.5 Å². The fraction of sp³-hybridized carbons (Fsp3) is 0.278. The van der Waals surface area contributed by atoms with E-state index in [0.29, 0.717) is 17.1 Å². The molecule has 0 saturated heterocycles. The predicted octanol–water partition coefficient (Wildman–Crippen LogP) is 2.67. The molecule has 1 atom stereocenters. The molecule has 0 spiro atoms. The first-order chi connectivity index (χ1) is 11.4. The normalized spacial score (nSPS) is 17.1. The number of para-hydroxylation sites is 1. The predicted molar refractivity (Wildman–Crippen MR) is 89.5 cm³/mol. The Kier molecular flexibility index (Phi) is 4.32. The van der Waals surface area contributed by atoms with Gasteiger partial charge in [-0.15, -0.1) is 0 Å². The van der Waals surface area contributed by atoms with Crippen molar-refractivity contribution in [1.29, 1.82) is 0 Å². The summed E-state index contributed by atoms with van der Waals surface area (Å²) in [5.74, 6) is -0.373. The number of Topliss-reactive ketones (excluding diaryl/α,β-unsaturated/α-hetero) is 1. The second-order valence-corrected chi connectivity index (χ2v) is 7.84. The first kappa shape index (κ1) is 16.5. The summed E-state index contributed by atoms with van der Waals surface area (Å²) < 4.78 is 35.9. The van der Waals surface area contributed by atoms with Crippen LogP contribution in [0.1, 0.15) is 15.9 Å². The Morgan fingerprint density at radius 3 is 2.54 bits per heavy atom. The highest BCUT2D eigenvalue weighted by atomic mass is 32.2. The third kappa shape index (κ3) is 3.01. The molecule has 0 bridgehead atoms. The Morgan fingerprint density at radius 1 is 1.17 bits per heavy atom. The molecule has 3 rings (SSSR count). The van der Waals surface area contributed by atoms with Crippen LogP contribution in [0.2, 0.25) is 0 Å². The van der Waals surface area contributed by atoms with Crippen LogP contribution in [0.4, 0.5) is 0 Å². The van der Waals surface area contributed by atoms with E-state index in [9.17, 15) is 13.2 Å². The lowest BCUT2D eigenvalue weighted by atomic mass is 9.96. The van der Waals surface area contributed by atoms with E-state index in [-0.39, 0.29) is 23.0 Å². The number of carbonyl (C=O) groups is 1. The minimum absolute atomic E-state index is 0.0251. The quantitative estimate of drug-likeness (QED) is 0.851. The number of methoxy groups -OCH3 is 1. The smallest absolute Gasteiger partial charge is 0.179 e. The van der Waals surface area contributed by atoms with Crippen LogP contribution in [-0.4, -0.2) is 33.7 Å². The maximum Gasteiger partial charge on any atom is 0.179 e. The largest absolute Gasteiger partial charge is 0.493 e. The molecule has 0 aliphatic carbocycles. The lowest BCUT2D eigenvalue weighted by Gasteiger charge is -2.25. The van der Waals surface area contributed by atoms with Crippen LogP contribution in [0, 0.1) is 12.8 Å². The second kappa shape index (κ2) is 6.28. The maximum absolute atomic E-state index is 12.6. The Morgan fingerprint density at radius 2 is 1.88 bits per heavy atom. The minimum atomic E-state index is -3.56. The topological polar surface area (TPSA) is 69.7 Å². The fourth-order valence-electron chi connectivity index (χ4n) is 2.73. The van der Waals surface area contributed by atoms with Gasteiger partial charge >= 0.3 is 0 Å². The van der Waals surface area contributed by atoms with Crippen LogP contribution in [0.3, 0.4) is 0 Å². The van der Waals surface area contributed by atoms with Crippen molar-refractivity contribution in [3.63, 3.8) is 0 Å². The summed E-state index contributed by atoms with van der Waals surface area (Å²) in [6.07, 6.45) is 0. The number of ether oxygens (including phenoxy) is 2. The molecule has 0 fully saturated rings. The highest BCUT2D eigenvalue weighted by molar-refractivity contribution is 7.91. The van der Waals surface area contributed by atoms with Gasteiger partial charge in [-0.1, -0.05) is 23.8 Å². The standard InChI is InChI=1S/C18H18O5S/c1-12-6-8-14(9-7-12)24(20,21)11-13-10-23-18-15(17(13)19)4-3-5-16(18)22-2/h3-9,13H,10-11H2,1-2H3/t13-/m1/s1. The molecule has 0 radical (unpaired) electrons. The molecule has 1 aliphatic heterocycles. The molecule has 0 N–H and O–H groups in total. The Labute approximate surface area is 141 Å². The number of hydrogen-bond acceptors (Lipinski definition) is 5. The molecule has 1 heterocycles. The summed E-state index contributed by atoms with van der Waals surface area (Å²) in [4.78, 5) is 12.9. The van der Waals surface area contributed by atoms with E-state index in [0.717, 1.165) is 5.56 Å². The molecule has 0 aromatic heterocycles. The average molecular weight is 346 g/mol. The van der Waals surface area contributed by atoms with Crippen LogP contribution < -0.4 is 9.47 Å². The third-order valence-corrected chi connectivity index (χ3v) is 5.90. The zero-order valence-electron chi connectivity index (χ0n) is 13.5. The van der Waals surface area contributed by atoms with E-state index >= 15 is 0 Å². The number of carbonyl (C=O) groups excluding carboxylic acids is 1. The molecule has 5 nitrogen and oxygen atoms in total. The number of ketones is 1. The lowest BCUT2D eigenvalue weighted by molar-refractivity contribution is 0.0847. The van der Waals surface area contributed by atoms with Gasteiger partial charge in [0, 0.05) is 0 Å². The van der Waals surface area contributed by atoms with E-state index in [2.05, 4.69) is 0 Å². The van der Waals surface area contributed by atoms with Gasteiger partial charge in [-0.2, -0.15) is 0 Å². The fourth-order valence-corrected chi connectivity index (χ4v) is 4.25. The van der Waals surface area contributed by atoms with Crippen molar-refractivity contribution in [2.24, 2.45) is 5.92 Å². The number of aryl methyl sites for hydroxylation is 1. The van der Waals surface area contributed by atoms with Gasteiger partial charge in [0.1, 0.15) is 0 Å². The van der Waals surface area contributed by atoms with Gasteiger partial charge in [0.2, 0.25) is 0 Å². The molecule has 2 aromatic rings. The summed E-state index contributed by atoms with van der Waals surface area (Å²) >= 11 is 0. The first-order valence-electron chi connectivity index (χ1n) is 7.56. The number of hydrogen-bond donors (Lipinski definition) is 0. The SMILES string of the molecule is COc1cccc2c1OC[C@H](CS(=O)(=O)c1ccc(C)cc1)C2=O. The monoisotopic (exact) mass is 346 g/mol. The molecule has 24 heavy (non-hydrogen) atoms. The van der Waals surface area contributed by atoms with Crippen LogP contribution in [0.15, 0.2) is 47.4 Å². The average Bonchev–Trinajstić information content (AvgIpc) is 2.57. The van der Waals surface area contributed by atoms with Crippen LogP contribution in [0.25, 0.3) is 0 Å². The van der Waals surface area contributed by atoms with Crippen molar-refractivity contribution in [1.82, 2.24) is 0 Å². The molecular weight excluding hydrogens is 328 g/mol. The minimum Gasteiger partial charge on any atom is -0.493 e. The molecule has 6 heteroatoms. The van der Waals surface area contributed by atoms with Crippen LogP contribution >= 0.6 is 0 Å². The van der Waals surface area contributed by atoms with Gasteiger partial charge in [0.05, 0.1) is 35.8 Å². The van der Waals surface area contributed by atoms with Gasteiger partial charge in [-0.3, -0.25) is 4.79 Å². The number of sulfone groups is 1. The van der Waals surface area contributed by atoms with Gasteiger partial charge in [-0.25, -0.2) is 8.42 Å². The van der Waals surface area contributed by atoms with E-state index in [1.165, 1.54) is 7.11 Å². The van der Waals surface area contributed by atoms with E-state index in [4.69, 9.17) is 9.47 Å². The lowest BCUT2D eigenvalue weighted by Crippen LogP contribution is -2.33. The van der Waals surface area contributed by atoms with E-state index in [1.54, 1.807) is 42.5 Å². The van der Waals surface area contributed by atoms with Crippen LogP contribution in [-0.2, 0) is 9.84 Å². The summed E-state index contributed by atoms with van der Waals surface area (Å²) in [7, 11) is -2.06. The molecule has 126 valence electrons. The number of rotatable bonds is 4. The summed E-state index contributed by atoms with van der Waals surface area (Å²) in [5.41, 5.74) is 1.34. The Bertz CT molecular complexity index is 869. The number of fused-ring (bicyclic) bond motifs is 1. The van der Waals surface area contributed by atoms with Crippen LogP contribution in [0.5, 0.6) is 11.5 Å². The second-order valence-electron chi connectivity index (χ2n) is 5.80. The molecule has 2 aromatic carbocycles. The Hall–Kier alpha value is -2.34. The zero-order chi connectivity index (χ0) is 17.3. The third-order valence-electron chi connectivity index (χ3n) is 4.06. The highest BCUT2D eigenvalue weighted by Gasteiger charge is 2.34. The first-order valence-corrected chi connectivity index (χ1v) is 9.21. The summed E-state index contributed by atoms with van der Waals surface area (Å²) in [5, 5.41) is 0. The van der Waals surface area contributed by atoms with Gasteiger partial charge < -0.3 is 9.47 Å². The van der Waals surface area contributed by atoms with E-state index < -0.39 is 15.8 Å².